The average molecular weight is 248 g/mol. The fourth-order valence-corrected chi connectivity index (χ4v) is 2.29. The van der Waals surface area contributed by atoms with Crippen molar-refractivity contribution in [2.45, 2.75) is 6.54 Å². The van der Waals surface area contributed by atoms with Crippen molar-refractivity contribution in [2.24, 2.45) is 0 Å². The van der Waals surface area contributed by atoms with E-state index >= 15 is 0 Å². The van der Waals surface area contributed by atoms with E-state index in [1.807, 2.05) is 30.1 Å². The smallest absolute Gasteiger partial charge is 0.345 e. The molecule has 88 valence electrons. The molecule has 0 aliphatic carbocycles. The van der Waals surface area contributed by atoms with E-state index in [0.29, 0.717) is 4.88 Å². The third-order valence-corrected chi connectivity index (χ3v) is 3.54. The standard InChI is InChI=1S/C12H12N2O2S/c1-14(8-9-4-6-13-7-5-9)11-3-2-10(17-11)12(15)16/h2-7H,8H2,1H3,(H,15,16). The van der Waals surface area contributed by atoms with Gasteiger partial charge in [0.25, 0.3) is 0 Å². The van der Waals surface area contributed by atoms with E-state index in [9.17, 15) is 4.79 Å². The maximum Gasteiger partial charge on any atom is 0.345 e. The molecule has 2 rings (SSSR count). The molecule has 0 amide bonds. The molecule has 4 nitrogen and oxygen atoms in total. The van der Waals surface area contributed by atoms with Crippen LogP contribution in [-0.4, -0.2) is 23.1 Å². The van der Waals surface area contributed by atoms with Gasteiger partial charge >= 0.3 is 5.97 Å². The summed E-state index contributed by atoms with van der Waals surface area (Å²) in [5, 5.41) is 9.80. The van der Waals surface area contributed by atoms with E-state index in [1.165, 1.54) is 11.3 Å². The van der Waals surface area contributed by atoms with Crippen LogP contribution in [0.3, 0.4) is 0 Å². The molecule has 0 unspecified atom stereocenters. The number of thiophene rings is 1. The number of aromatic nitrogens is 1. The Morgan fingerprint density at radius 3 is 2.65 bits per heavy atom. The highest BCUT2D eigenvalue weighted by Gasteiger charge is 2.09. The van der Waals surface area contributed by atoms with Crippen LogP contribution in [0.2, 0.25) is 0 Å². The maximum atomic E-state index is 10.8. The first kappa shape index (κ1) is 11.6. The molecule has 2 heterocycles. The van der Waals surface area contributed by atoms with E-state index in [4.69, 9.17) is 5.11 Å². The van der Waals surface area contributed by atoms with Crippen LogP contribution in [0, 0.1) is 0 Å². The molecular weight excluding hydrogens is 236 g/mol. The summed E-state index contributed by atoms with van der Waals surface area (Å²) in [5.41, 5.74) is 1.15. The molecule has 0 aliphatic rings. The van der Waals surface area contributed by atoms with Crippen LogP contribution in [0.1, 0.15) is 15.2 Å². The average Bonchev–Trinajstić information content (AvgIpc) is 2.79. The van der Waals surface area contributed by atoms with Gasteiger partial charge in [-0.15, -0.1) is 11.3 Å². The quantitative estimate of drug-likeness (QED) is 0.903. The summed E-state index contributed by atoms with van der Waals surface area (Å²) in [7, 11) is 1.94. The summed E-state index contributed by atoms with van der Waals surface area (Å²) in [4.78, 5) is 17.1. The Bertz CT molecular complexity index is 510. The molecule has 0 atom stereocenters. The Kier molecular flexibility index (Phi) is 3.39. The maximum absolute atomic E-state index is 10.8. The van der Waals surface area contributed by atoms with Crippen LogP contribution in [0.5, 0.6) is 0 Å². The Balaban J connectivity index is 2.09. The molecule has 1 N–H and O–H groups in total. The lowest BCUT2D eigenvalue weighted by atomic mass is 10.2. The van der Waals surface area contributed by atoms with Crippen molar-refractivity contribution in [3.8, 4) is 0 Å². The van der Waals surface area contributed by atoms with Crippen LogP contribution in [0.4, 0.5) is 5.00 Å². The van der Waals surface area contributed by atoms with Crippen LogP contribution < -0.4 is 4.90 Å². The zero-order chi connectivity index (χ0) is 12.3. The monoisotopic (exact) mass is 248 g/mol. The van der Waals surface area contributed by atoms with E-state index < -0.39 is 5.97 Å². The number of pyridine rings is 1. The highest BCUT2D eigenvalue weighted by molar-refractivity contribution is 7.17. The summed E-state index contributed by atoms with van der Waals surface area (Å²) in [6, 6.07) is 7.35. The van der Waals surface area contributed by atoms with Crippen molar-refractivity contribution in [1.29, 1.82) is 0 Å². The van der Waals surface area contributed by atoms with Gasteiger partial charge in [0, 0.05) is 26.0 Å². The highest BCUT2D eigenvalue weighted by atomic mass is 32.1. The Morgan fingerprint density at radius 1 is 1.35 bits per heavy atom. The van der Waals surface area contributed by atoms with Crippen LogP contribution in [0.15, 0.2) is 36.7 Å². The first-order valence-corrected chi connectivity index (χ1v) is 5.91. The van der Waals surface area contributed by atoms with Gasteiger partial charge in [-0.2, -0.15) is 0 Å². The number of aromatic carboxylic acids is 1. The van der Waals surface area contributed by atoms with Crippen LogP contribution in [0.25, 0.3) is 0 Å². The predicted octanol–water partition coefficient (Wildman–Crippen LogP) is 2.48. The lowest BCUT2D eigenvalue weighted by molar-refractivity contribution is 0.0702. The molecule has 0 aliphatic heterocycles. The molecule has 5 heteroatoms. The summed E-state index contributed by atoms with van der Waals surface area (Å²) < 4.78 is 0. The topological polar surface area (TPSA) is 53.4 Å². The number of carboxylic acid groups (broad SMARTS) is 1. The molecular formula is C12H12N2O2S. The third kappa shape index (κ3) is 2.82. The SMILES string of the molecule is CN(Cc1ccncc1)c1ccc(C(=O)O)s1. The predicted molar refractivity (Wildman–Crippen MR) is 67.6 cm³/mol. The van der Waals surface area contributed by atoms with E-state index in [0.717, 1.165) is 17.1 Å². The van der Waals surface area contributed by atoms with E-state index in [1.54, 1.807) is 18.5 Å². The minimum Gasteiger partial charge on any atom is -0.477 e. The van der Waals surface area contributed by atoms with Crippen LogP contribution in [-0.2, 0) is 6.54 Å². The number of hydrogen-bond donors (Lipinski definition) is 1. The van der Waals surface area contributed by atoms with Gasteiger partial charge in [-0.1, -0.05) is 0 Å². The first-order chi connectivity index (χ1) is 8.16. The zero-order valence-corrected chi connectivity index (χ0v) is 10.1. The molecule has 0 saturated carbocycles. The number of carboxylic acids is 1. The molecule has 0 fully saturated rings. The number of nitrogens with zero attached hydrogens (tertiary/aromatic N) is 2. The summed E-state index contributed by atoms with van der Waals surface area (Å²) in [6.07, 6.45) is 3.50. The molecule has 0 spiro atoms. The first-order valence-electron chi connectivity index (χ1n) is 5.10. The number of hydrogen-bond acceptors (Lipinski definition) is 4. The van der Waals surface area contributed by atoms with Crippen molar-refractivity contribution in [3.05, 3.63) is 47.1 Å². The van der Waals surface area contributed by atoms with Gasteiger partial charge in [-0.3, -0.25) is 4.98 Å². The Hall–Kier alpha value is -1.88. The molecule has 0 bridgehead atoms. The van der Waals surface area contributed by atoms with Crippen molar-refractivity contribution in [1.82, 2.24) is 4.98 Å². The summed E-state index contributed by atoms with van der Waals surface area (Å²) >= 11 is 1.28. The zero-order valence-electron chi connectivity index (χ0n) is 9.33. The lowest BCUT2D eigenvalue weighted by Gasteiger charge is -2.16. The Labute approximate surface area is 103 Å². The van der Waals surface area contributed by atoms with Gasteiger partial charge in [0.05, 0.1) is 5.00 Å². The number of anilines is 1. The minimum atomic E-state index is -0.876. The molecule has 17 heavy (non-hydrogen) atoms. The fraction of sp³-hybridized carbons (Fsp3) is 0.167. The van der Waals surface area contributed by atoms with Crippen molar-refractivity contribution in [3.63, 3.8) is 0 Å². The van der Waals surface area contributed by atoms with Gasteiger partial charge in [0.1, 0.15) is 4.88 Å². The van der Waals surface area contributed by atoms with Gasteiger partial charge in [-0.25, -0.2) is 4.79 Å². The summed E-state index contributed by atoms with van der Waals surface area (Å²) in [6.45, 7) is 0.738. The van der Waals surface area contributed by atoms with E-state index in [2.05, 4.69) is 4.98 Å². The third-order valence-electron chi connectivity index (χ3n) is 2.35. The molecule has 0 radical (unpaired) electrons. The molecule has 2 aromatic heterocycles. The molecule has 0 saturated heterocycles. The largest absolute Gasteiger partial charge is 0.477 e. The van der Waals surface area contributed by atoms with Gasteiger partial charge < -0.3 is 10.0 Å². The normalized spacial score (nSPS) is 10.2. The van der Waals surface area contributed by atoms with Gasteiger partial charge in [0.15, 0.2) is 0 Å². The van der Waals surface area contributed by atoms with Crippen molar-refractivity contribution in [2.75, 3.05) is 11.9 Å². The van der Waals surface area contributed by atoms with Crippen molar-refractivity contribution < 1.29 is 9.90 Å². The minimum absolute atomic E-state index is 0.363. The molecule has 2 aromatic rings. The highest BCUT2D eigenvalue weighted by Crippen LogP contribution is 2.26. The van der Waals surface area contributed by atoms with Crippen LogP contribution >= 0.6 is 11.3 Å². The summed E-state index contributed by atoms with van der Waals surface area (Å²) in [5.74, 6) is -0.876. The van der Waals surface area contributed by atoms with Gasteiger partial charge in [-0.05, 0) is 29.8 Å². The number of carbonyl (C=O) groups is 1. The van der Waals surface area contributed by atoms with Gasteiger partial charge in [0.2, 0.25) is 0 Å². The van der Waals surface area contributed by atoms with E-state index in [-0.39, 0.29) is 0 Å². The second kappa shape index (κ2) is 4.97. The Morgan fingerprint density at radius 2 is 2.06 bits per heavy atom. The second-order valence-corrected chi connectivity index (χ2v) is 4.72. The fourth-order valence-electron chi connectivity index (χ4n) is 1.49. The second-order valence-electron chi connectivity index (χ2n) is 3.65. The molecule has 0 aromatic carbocycles. The number of rotatable bonds is 4. The van der Waals surface area contributed by atoms with Crippen molar-refractivity contribution >= 4 is 22.3 Å². The lowest BCUT2D eigenvalue weighted by Crippen LogP contribution is -2.14.